The van der Waals surface area contributed by atoms with Gasteiger partial charge in [-0.25, -0.2) is 4.99 Å². The molecule has 0 aliphatic carbocycles. The van der Waals surface area contributed by atoms with Crippen LogP contribution in [0.25, 0.3) is 0 Å². The number of morpholine rings is 1. The minimum Gasteiger partial charge on any atom is -0.378 e. The molecule has 0 N–H and O–H groups in total. The van der Waals surface area contributed by atoms with Crippen molar-refractivity contribution in [1.29, 1.82) is 0 Å². The van der Waals surface area contributed by atoms with E-state index in [4.69, 9.17) is 28.6 Å². The fourth-order valence-corrected chi connectivity index (χ4v) is 2.36. The van der Waals surface area contributed by atoms with Crippen molar-refractivity contribution in [2.24, 2.45) is 4.99 Å². The largest absolute Gasteiger partial charge is 0.378 e. The van der Waals surface area contributed by atoms with Crippen LogP contribution in [0.5, 0.6) is 0 Å². The van der Waals surface area contributed by atoms with E-state index < -0.39 is 0 Å². The summed E-state index contributed by atoms with van der Waals surface area (Å²) in [5, 5.41) is 0.935. The fraction of sp³-hybridized carbons (Fsp3) is 0.333. The van der Waals surface area contributed by atoms with Crippen molar-refractivity contribution in [3.8, 4) is 0 Å². The minimum absolute atomic E-state index is 0.416. The smallest absolute Gasteiger partial charge is 0.196 e. The Morgan fingerprint density at radius 1 is 1.28 bits per heavy atom. The number of hydrogen-bond donors (Lipinski definition) is 0. The molecule has 1 aliphatic rings. The molecular formula is C12H12BrClN2OS. The second-order valence-corrected chi connectivity index (χ2v) is 5.43. The highest BCUT2D eigenvalue weighted by molar-refractivity contribution is 9.10. The molecule has 0 amide bonds. The van der Waals surface area contributed by atoms with Crippen molar-refractivity contribution in [3.63, 3.8) is 0 Å². The first-order chi connectivity index (χ1) is 8.66. The van der Waals surface area contributed by atoms with Gasteiger partial charge >= 0.3 is 0 Å². The molecule has 0 spiro atoms. The van der Waals surface area contributed by atoms with Crippen LogP contribution in [0, 0.1) is 0 Å². The number of ether oxygens (including phenoxy) is 1. The van der Waals surface area contributed by atoms with Crippen LogP contribution in [-0.2, 0) is 4.74 Å². The first-order valence-corrected chi connectivity index (χ1v) is 7.11. The fourth-order valence-electron chi connectivity index (χ4n) is 1.56. The summed E-state index contributed by atoms with van der Waals surface area (Å²) >= 11 is 14.8. The van der Waals surface area contributed by atoms with Gasteiger partial charge in [-0.3, -0.25) is 0 Å². The van der Waals surface area contributed by atoms with Crippen molar-refractivity contribution in [2.75, 3.05) is 26.3 Å². The summed E-state index contributed by atoms with van der Waals surface area (Å²) in [5.74, 6) is 0. The Balaban J connectivity index is 2.07. The second-order valence-electron chi connectivity index (χ2n) is 3.79. The summed E-state index contributed by atoms with van der Waals surface area (Å²) in [5.41, 5.74) is 0.857. The maximum Gasteiger partial charge on any atom is 0.196 e. The SMILES string of the molecule is S=C(/N=C(\Cl)c1ccc(Br)cc1)N1CCOCC1. The number of aliphatic imine (C=N–C) groups is 1. The molecule has 0 bridgehead atoms. The summed E-state index contributed by atoms with van der Waals surface area (Å²) in [6.07, 6.45) is 0. The average molecular weight is 348 g/mol. The summed E-state index contributed by atoms with van der Waals surface area (Å²) in [6.45, 7) is 2.91. The van der Waals surface area contributed by atoms with Gasteiger partial charge in [0.25, 0.3) is 0 Å². The van der Waals surface area contributed by atoms with Crippen LogP contribution in [0.1, 0.15) is 5.56 Å². The van der Waals surface area contributed by atoms with E-state index in [1.807, 2.05) is 29.2 Å². The summed E-state index contributed by atoms with van der Waals surface area (Å²) in [7, 11) is 0. The van der Waals surface area contributed by atoms with E-state index in [9.17, 15) is 0 Å². The molecule has 96 valence electrons. The van der Waals surface area contributed by atoms with E-state index in [-0.39, 0.29) is 0 Å². The third-order valence-corrected chi connectivity index (χ3v) is 3.74. The molecule has 0 saturated carbocycles. The lowest BCUT2D eigenvalue weighted by molar-refractivity contribution is 0.0686. The first-order valence-electron chi connectivity index (χ1n) is 5.53. The van der Waals surface area contributed by atoms with Crippen molar-refractivity contribution in [3.05, 3.63) is 34.3 Å². The van der Waals surface area contributed by atoms with Crippen LogP contribution in [0.2, 0.25) is 0 Å². The average Bonchev–Trinajstić information content (AvgIpc) is 2.40. The van der Waals surface area contributed by atoms with E-state index in [0.29, 0.717) is 23.5 Å². The lowest BCUT2D eigenvalue weighted by Gasteiger charge is -2.26. The molecule has 1 aromatic carbocycles. The van der Waals surface area contributed by atoms with Gasteiger partial charge in [0.1, 0.15) is 5.17 Å². The Morgan fingerprint density at radius 3 is 2.50 bits per heavy atom. The molecular weight excluding hydrogens is 336 g/mol. The van der Waals surface area contributed by atoms with Gasteiger partial charge in [0.15, 0.2) is 5.11 Å². The third kappa shape index (κ3) is 3.75. The summed E-state index contributed by atoms with van der Waals surface area (Å²) in [4.78, 5) is 6.27. The lowest BCUT2D eigenvalue weighted by atomic mass is 10.2. The van der Waals surface area contributed by atoms with E-state index >= 15 is 0 Å². The van der Waals surface area contributed by atoms with Gasteiger partial charge < -0.3 is 9.64 Å². The lowest BCUT2D eigenvalue weighted by Crippen LogP contribution is -2.39. The zero-order valence-electron chi connectivity index (χ0n) is 9.60. The Hall–Kier alpha value is -0.490. The second kappa shape index (κ2) is 6.61. The highest BCUT2D eigenvalue weighted by Gasteiger charge is 2.13. The molecule has 1 fully saturated rings. The van der Waals surface area contributed by atoms with Crippen molar-refractivity contribution >= 4 is 50.0 Å². The van der Waals surface area contributed by atoms with Gasteiger partial charge in [-0.1, -0.05) is 39.7 Å². The molecule has 0 radical (unpaired) electrons. The molecule has 0 unspecified atom stereocenters. The molecule has 1 aliphatic heterocycles. The number of benzene rings is 1. The number of hydrogen-bond acceptors (Lipinski definition) is 2. The van der Waals surface area contributed by atoms with Crippen molar-refractivity contribution < 1.29 is 4.74 Å². The molecule has 3 nitrogen and oxygen atoms in total. The Bertz CT molecular complexity index is 458. The van der Waals surface area contributed by atoms with Crippen LogP contribution in [-0.4, -0.2) is 41.5 Å². The van der Waals surface area contributed by atoms with Crippen LogP contribution in [0.3, 0.4) is 0 Å². The molecule has 1 heterocycles. The number of halogens is 2. The molecule has 0 aromatic heterocycles. The standard InChI is InChI=1S/C12H12BrClN2OS/c13-10-3-1-9(2-4-10)11(14)15-12(18)16-5-7-17-8-6-16/h1-4H,5-8H2/b15-11-. The maximum atomic E-state index is 6.16. The Kier molecular flexibility index (Phi) is 5.12. The molecule has 18 heavy (non-hydrogen) atoms. The van der Waals surface area contributed by atoms with E-state index in [2.05, 4.69) is 20.9 Å². The van der Waals surface area contributed by atoms with Gasteiger partial charge in [0, 0.05) is 23.1 Å². The normalized spacial score (nSPS) is 16.8. The minimum atomic E-state index is 0.416. The van der Waals surface area contributed by atoms with Gasteiger partial charge in [-0.15, -0.1) is 0 Å². The van der Waals surface area contributed by atoms with Crippen LogP contribution < -0.4 is 0 Å². The van der Waals surface area contributed by atoms with Crippen molar-refractivity contribution in [2.45, 2.75) is 0 Å². The molecule has 6 heteroatoms. The molecule has 2 rings (SSSR count). The van der Waals surface area contributed by atoms with Crippen LogP contribution >= 0.6 is 39.7 Å². The molecule has 1 aromatic rings. The van der Waals surface area contributed by atoms with Crippen LogP contribution in [0.15, 0.2) is 33.7 Å². The number of nitrogens with zero attached hydrogens (tertiary/aromatic N) is 2. The third-order valence-electron chi connectivity index (χ3n) is 2.56. The zero-order valence-corrected chi connectivity index (χ0v) is 12.8. The molecule has 0 atom stereocenters. The van der Waals surface area contributed by atoms with E-state index in [1.165, 1.54) is 0 Å². The topological polar surface area (TPSA) is 24.8 Å². The van der Waals surface area contributed by atoms with Gasteiger partial charge in [-0.05, 0) is 24.4 Å². The quantitative estimate of drug-likeness (QED) is 0.576. The number of rotatable bonds is 1. The zero-order chi connectivity index (χ0) is 13.0. The molecule has 1 saturated heterocycles. The Labute approximate surface area is 125 Å². The Morgan fingerprint density at radius 2 is 1.89 bits per heavy atom. The predicted octanol–water partition coefficient (Wildman–Crippen LogP) is 3.05. The van der Waals surface area contributed by atoms with E-state index in [1.54, 1.807) is 0 Å². The predicted molar refractivity (Wildman–Crippen MR) is 81.5 cm³/mol. The van der Waals surface area contributed by atoms with Gasteiger partial charge in [0.05, 0.1) is 13.2 Å². The first kappa shape index (κ1) is 13.9. The van der Waals surface area contributed by atoms with Crippen LogP contribution in [0.4, 0.5) is 0 Å². The van der Waals surface area contributed by atoms with Gasteiger partial charge in [0.2, 0.25) is 0 Å². The highest BCUT2D eigenvalue weighted by atomic mass is 79.9. The highest BCUT2D eigenvalue weighted by Crippen LogP contribution is 2.13. The van der Waals surface area contributed by atoms with Crippen molar-refractivity contribution in [1.82, 2.24) is 4.90 Å². The summed E-state index contributed by atoms with van der Waals surface area (Å²) in [6, 6.07) is 7.64. The number of thiocarbonyl (C=S) groups is 1. The summed E-state index contributed by atoms with van der Waals surface area (Å²) < 4.78 is 6.27. The monoisotopic (exact) mass is 346 g/mol. The maximum absolute atomic E-state index is 6.16. The van der Waals surface area contributed by atoms with E-state index in [0.717, 1.165) is 23.1 Å². The van der Waals surface area contributed by atoms with Gasteiger partial charge in [-0.2, -0.15) is 0 Å².